The van der Waals surface area contributed by atoms with Crippen molar-refractivity contribution >= 4 is 71.3 Å². The Hall–Kier alpha value is -8.98. The van der Waals surface area contributed by atoms with Crippen molar-refractivity contribution in [2.75, 3.05) is 4.90 Å². The van der Waals surface area contributed by atoms with Crippen LogP contribution in [0, 0.1) is 0 Å². The molecule has 0 radical (unpaired) electrons. The molecule has 1 aliphatic carbocycles. The summed E-state index contributed by atoms with van der Waals surface area (Å²) in [6, 6.07) is 95.7. The molecule has 0 unspecified atom stereocenters. The van der Waals surface area contributed by atoms with Gasteiger partial charge in [0.05, 0.1) is 11.1 Å². The number of para-hydroxylation sites is 1. The van der Waals surface area contributed by atoms with E-state index in [-0.39, 0.29) is 0 Å². The first-order valence-corrected chi connectivity index (χ1v) is 23.8. The summed E-state index contributed by atoms with van der Waals surface area (Å²) < 4.78 is 6.68. The summed E-state index contributed by atoms with van der Waals surface area (Å²) in [4.78, 5) is 2.47. The molecule has 12 aromatic carbocycles. The van der Waals surface area contributed by atoms with Crippen LogP contribution in [-0.4, -0.2) is 0 Å². The molecule has 69 heavy (non-hydrogen) atoms. The number of fused-ring (bicyclic) bond motifs is 10. The molecule has 0 saturated heterocycles. The average Bonchev–Trinajstić information content (AvgIpc) is 3.94. The standard InChI is InChI=1S/C67H43NO/c1-3-20-48(21-4-1)67(49-22-5-2-6-23-49)61-30-13-11-25-56(61)57-40-38-51(43-62(57)67)68(50-36-33-45(34-37-50)53-27-15-28-54-52-24-10-9-17-44(52)35-39-55(53)54)63-31-14-12-26-58(63)59-29-16-32-64-66(59)60-41-46-18-7-8-19-47(46)42-65(60)69-64/h1-43H. The number of hydrogen-bond acceptors (Lipinski definition) is 2. The molecule has 13 aromatic rings. The van der Waals surface area contributed by atoms with Crippen LogP contribution in [0.1, 0.15) is 22.3 Å². The van der Waals surface area contributed by atoms with E-state index in [1.165, 1.54) is 76.8 Å². The maximum atomic E-state index is 6.68. The van der Waals surface area contributed by atoms with Gasteiger partial charge in [-0.15, -0.1) is 0 Å². The number of anilines is 3. The summed E-state index contributed by atoms with van der Waals surface area (Å²) in [6.07, 6.45) is 0. The molecule has 322 valence electrons. The van der Waals surface area contributed by atoms with Gasteiger partial charge in [-0.1, -0.05) is 212 Å². The van der Waals surface area contributed by atoms with Crippen molar-refractivity contribution in [3.05, 3.63) is 283 Å². The summed E-state index contributed by atoms with van der Waals surface area (Å²) >= 11 is 0. The van der Waals surface area contributed by atoms with Crippen molar-refractivity contribution in [2.24, 2.45) is 0 Å². The lowest BCUT2D eigenvalue weighted by atomic mass is 9.67. The molecule has 2 heteroatoms. The van der Waals surface area contributed by atoms with Crippen LogP contribution in [0.4, 0.5) is 17.1 Å². The van der Waals surface area contributed by atoms with Crippen LogP contribution in [0.15, 0.2) is 265 Å². The molecule has 0 N–H and O–H groups in total. The summed E-state index contributed by atoms with van der Waals surface area (Å²) in [5.41, 5.74) is 16.6. The van der Waals surface area contributed by atoms with Gasteiger partial charge in [-0.2, -0.15) is 0 Å². The zero-order valence-electron chi connectivity index (χ0n) is 37.7. The predicted molar refractivity (Wildman–Crippen MR) is 289 cm³/mol. The van der Waals surface area contributed by atoms with Crippen LogP contribution in [0.2, 0.25) is 0 Å². The molecule has 0 saturated carbocycles. The molecule has 0 atom stereocenters. The van der Waals surface area contributed by atoms with Crippen LogP contribution >= 0.6 is 0 Å². The van der Waals surface area contributed by atoms with Crippen molar-refractivity contribution in [2.45, 2.75) is 5.41 Å². The fraction of sp³-hybridized carbons (Fsp3) is 0.0149. The summed E-state index contributed by atoms with van der Waals surface area (Å²) in [7, 11) is 0. The molecular weight excluding hydrogens is 835 g/mol. The van der Waals surface area contributed by atoms with E-state index in [1.54, 1.807) is 0 Å². The van der Waals surface area contributed by atoms with Gasteiger partial charge in [-0.3, -0.25) is 0 Å². The number of furan rings is 1. The van der Waals surface area contributed by atoms with E-state index in [1.807, 2.05) is 0 Å². The Kier molecular flexibility index (Phi) is 8.84. The zero-order chi connectivity index (χ0) is 45.5. The Morgan fingerprint density at radius 3 is 1.70 bits per heavy atom. The van der Waals surface area contributed by atoms with E-state index >= 15 is 0 Å². The highest BCUT2D eigenvalue weighted by atomic mass is 16.3. The van der Waals surface area contributed by atoms with Crippen molar-refractivity contribution in [1.29, 1.82) is 0 Å². The van der Waals surface area contributed by atoms with Gasteiger partial charge in [0.15, 0.2) is 0 Å². The molecule has 1 aromatic heterocycles. The molecule has 0 bridgehead atoms. The monoisotopic (exact) mass is 877 g/mol. The van der Waals surface area contributed by atoms with Crippen LogP contribution in [0.3, 0.4) is 0 Å². The van der Waals surface area contributed by atoms with Gasteiger partial charge >= 0.3 is 0 Å². The Morgan fingerprint density at radius 2 is 0.899 bits per heavy atom. The van der Waals surface area contributed by atoms with Crippen LogP contribution in [0.5, 0.6) is 0 Å². The minimum absolute atomic E-state index is 0.553. The molecule has 1 heterocycles. The van der Waals surface area contributed by atoms with E-state index in [0.717, 1.165) is 50.1 Å². The van der Waals surface area contributed by atoms with Gasteiger partial charge in [0.2, 0.25) is 0 Å². The van der Waals surface area contributed by atoms with Gasteiger partial charge < -0.3 is 9.32 Å². The molecule has 2 nitrogen and oxygen atoms in total. The third-order valence-corrected chi connectivity index (χ3v) is 14.7. The fourth-order valence-corrected chi connectivity index (χ4v) is 11.7. The van der Waals surface area contributed by atoms with E-state index < -0.39 is 5.41 Å². The van der Waals surface area contributed by atoms with E-state index in [9.17, 15) is 0 Å². The van der Waals surface area contributed by atoms with Crippen LogP contribution in [0.25, 0.3) is 87.6 Å². The molecule has 14 rings (SSSR count). The lowest BCUT2D eigenvalue weighted by Gasteiger charge is -2.35. The van der Waals surface area contributed by atoms with Gasteiger partial charge in [-0.25, -0.2) is 0 Å². The average molecular weight is 878 g/mol. The fourth-order valence-electron chi connectivity index (χ4n) is 11.7. The summed E-state index contributed by atoms with van der Waals surface area (Å²) in [6.45, 7) is 0. The molecule has 0 spiro atoms. The molecule has 0 aliphatic heterocycles. The SMILES string of the molecule is c1ccc(C2(c3ccccc3)c3ccccc3-c3ccc(N(c4ccc(-c5cccc6c5ccc5ccccc56)cc4)c4ccccc4-c4cccc5oc6cc7ccccc7cc6c45)cc32)cc1. The number of rotatable bonds is 7. The van der Waals surface area contributed by atoms with Gasteiger partial charge in [0.1, 0.15) is 11.2 Å². The van der Waals surface area contributed by atoms with Crippen LogP contribution in [-0.2, 0) is 5.41 Å². The third-order valence-electron chi connectivity index (χ3n) is 14.7. The summed E-state index contributed by atoms with van der Waals surface area (Å²) in [5, 5.41) is 9.61. The van der Waals surface area contributed by atoms with Crippen molar-refractivity contribution in [1.82, 2.24) is 0 Å². The second-order valence-electron chi connectivity index (χ2n) is 18.3. The highest BCUT2D eigenvalue weighted by Gasteiger charge is 2.46. The number of hydrogen-bond donors (Lipinski definition) is 0. The first kappa shape index (κ1) is 39.2. The number of nitrogens with zero attached hydrogens (tertiary/aromatic N) is 1. The van der Waals surface area contributed by atoms with Crippen molar-refractivity contribution in [3.8, 4) is 33.4 Å². The van der Waals surface area contributed by atoms with Crippen LogP contribution < -0.4 is 4.90 Å². The molecule has 1 aliphatic rings. The summed E-state index contributed by atoms with van der Waals surface area (Å²) in [5.74, 6) is 0. The lowest BCUT2D eigenvalue weighted by Crippen LogP contribution is -2.28. The largest absolute Gasteiger partial charge is 0.456 e. The zero-order valence-corrected chi connectivity index (χ0v) is 37.7. The lowest BCUT2D eigenvalue weighted by molar-refractivity contribution is 0.669. The van der Waals surface area contributed by atoms with Gasteiger partial charge in [0.25, 0.3) is 0 Å². The molecular formula is C67H43NO. The second-order valence-corrected chi connectivity index (χ2v) is 18.3. The predicted octanol–water partition coefficient (Wildman–Crippen LogP) is 18.2. The van der Waals surface area contributed by atoms with Crippen molar-refractivity contribution < 1.29 is 4.42 Å². The van der Waals surface area contributed by atoms with Gasteiger partial charge in [-0.05, 0) is 131 Å². The normalized spacial score (nSPS) is 12.8. The topological polar surface area (TPSA) is 16.4 Å². The maximum absolute atomic E-state index is 6.68. The quantitative estimate of drug-likeness (QED) is 0.148. The molecule has 0 fully saturated rings. The third kappa shape index (κ3) is 5.99. The first-order chi connectivity index (χ1) is 34.2. The van der Waals surface area contributed by atoms with E-state index in [2.05, 4.69) is 266 Å². The highest BCUT2D eigenvalue weighted by Crippen LogP contribution is 2.57. The Bertz CT molecular complexity index is 4090. The molecule has 0 amide bonds. The maximum Gasteiger partial charge on any atom is 0.136 e. The van der Waals surface area contributed by atoms with Crippen molar-refractivity contribution in [3.63, 3.8) is 0 Å². The van der Waals surface area contributed by atoms with E-state index in [4.69, 9.17) is 4.42 Å². The Labute approximate surface area is 400 Å². The Balaban J connectivity index is 1.01. The second kappa shape index (κ2) is 15.6. The van der Waals surface area contributed by atoms with Gasteiger partial charge in [0, 0.05) is 27.7 Å². The Morgan fingerprint density at radius 1 is 0.304 bits per heavy atom. The minimum Gasteiger partial charge on any atom is -0.456 e. The number of benzene rings is 12. The minimum atomic E-state index is -0.553. The van der Waals surface area contributed by atoms with E-state index in [0.29, 0.717) is 0 Å². The first-order valence-electron chi connectivity index (χ1n) is 23.8. The highest BCUT2D eigenvalue weighted by molar-refractivity contribution is 6.17. The smallest absolute Gasteiger partial charge is 0.136 e.